The van der Waals surface area contributed by atoms with Crippen molar-refractivity contribution in [1.29, 1.82) is 0 Å². The standard InChI is InChI=1S/C32H32N4O2/c1-3-7-29(8-4-1)25-37-31-15-11-27(12-16-31)23-33-35-19-21-36(22-20-35)34-24-28-13-17-32(18-14-28)38-26-30-9-5-2-6-10-30/h1-18,23-24H,19-22,25-26H2/b33-23+,34-24+. The molecule has 4 aromatic carbocycles. The van der Waals surface area contributed by atoms with E-state index in [0.29, 0.717) is 13.2 Å². The molecule has 1 aliphatic heterocycles. The number of hydrogen-bond acceptors (Lipinski definition) is 6. The van der Waals surface area contributed by atoms with E-state index < -0.39 is 0 Å². The maximum atomic E-state index is 5.86. The highest BCUT2D eigenvalue weighted by atomic mass is 16.5. The number of piperazine rings is 1. The zero-order valence-corrected chi connectivity index (χ0v) is 21.4. The van der Waals surface area contributed by atoms with Gasteiger partial charge in [0.2, 0.25) is 0 Å². The normalized spacial score (nSPS) is 13.8. The van der Waals surface area contributed by atoms with Crippen molar-refractivity contribution >= 4 is 12.4 Å². The van der Waals surface area contributed by atoms with E-state index in [1.165, 1.54) is 0 Å². The summed E-state index contributed by atoms with van der Waals surface area (Å²) in [5.41, 5.74) is 4.41. The van der Waals surface area contributed by atoms with E-state index in [1.54, 1.807) is 0 Å². The lowest BCUT2D eigenvalue weighted by atomic mass is 10.2. The molecule has 1 fully saturated rings. The molecule has 1 aliphatic rings. The minimum atomic E-state index is 0.565. The van der Waals surface area contributed by atoms with Gasteiger partial charge in [-0.3, -0.25) is 10.0 Å². The summed E-state index contributed by atoms with van der Waals surface area (Å²) < 4.78 is 11.7. The first-order valence-electron chi connectivity index (χ1n) is 12.9. The fourth-order valence-corrected chi connectivity index (χ4v) is 3.99. The zero-order valence-electron chi connectivity index (χ0n) is 21.4. The highest BCUT2D eigenvalue weighted by molar-refractivity contribution is 5.80. The Morgan fingerprint density at radius 3 is 1.24 bits per heavy atom. The Kier molecular flexibility index (Phi) is 8.65. The molecule has 0 saturated carbocycles. The van der Waals surface area contributed by atoms with Crippen LogP contribution in [0.25, 0.3) is 0 Å². The molecule has 0 spiro atoms. The maximum Gasteiger partial charge on any atom is 0.119 e. The predicted molar refractivity (Wildman–Crippen MR) is 153 cm³/mol. The van der Waals surface area contributed by atoms with Crippen LogP contribution in [-0.4, -0.2) is 48.6 Å². The van der Waals surface area contributed by atoms with Crippen molar-refractivity contribution < 1.29 is 9.47 Å². The average molecular weight is 505 g/mol. The number of benzene rings is 4. The van der Waals surface area contributed by atoms with Gasteiger partial charge in [0, 0.05) is 0 Å². The third-order valence-electron chi connectivity index (χ3n) is 6.23. The lowest BCUT2D eigenvalue weighted by Gasteiger charge is -2.31. The monoisotopic (exact) mass is 504 g/mol. The first kappa shape index (κ1) is 25.1. The van der Waals surface area contributed by atoms with Crippen LogP contribution >= 0.6 is 0 Å². The SMILES string of the molecule is C(=N\N1CCN(/N=C/c2ccc(OCc3ccccc3)cc2)CC1)/c1ccc(OCc2ccccc2)cc1. The minimum absolute atomic E-state index is 0.565. The Bertz CT molecular complexity index is 1190. The summed E-state index contributed by atoms with van der Waals surface area (Å²) in [6.45, 7) is 4.46. The van der Waals surface area contributed by atoms with Crippen molar-refractivity contribution in [3.63, 3.8) is 0 Å². The Hall–Kier alpha value is -4.58. The molecule has 0 atom stereocenters. The second-order valence-electron chi connectivity index (χ2n) is 9.08. The van der Waals surface area contributed by atoms with Crippen LogP contribution in [0.3, 0.4) is 0 Å². The molecule has 1 heterocycles. The van der Waals surface area contributed by atoms with Crippen molar-refractivity contribution in [2.45, 2.75) is 13.2 Å². The second-order valence-corrected chi connectivity index (χ2v) is 9.08. The van der Waals surface area contributed by atoms with E-state index in [1.807, 2.05) is 97.4 Å². The zero-order chi connectivity index (χ0) is 25.8. The first-order chi connectivity index (χ1) is 18.8. The van der Waals surface area contributed by atoms with Crippen molar-refractivity contribution in [3.05, 3.63) is 131 Å². The molecule has 0 bridgehead atoms. The Balaban J connectivity index is 1.03. The molecule has 0 aliphatic carbocycles. The lowest BCUT2D eigenvalue weighted by molar-refractivity contribution is 0.141. The molecule has 1 saturated heterocycles. The summed E-state index contributed by atoms with van der Waals surface area (Å²) in [5.74, 6) is 1.71. The van der Waals surface area contributed by atoms with E-state index >= 15 is 0 Å². The van der Waals surface area contributed by atoms with E-state index in [4.69, 9.17) is 9.47 Å². The number of ether oxygens (including phenoxy) is 2. The van der Waals surface area contributed by atoms with Crippen LogP contribution in [0.4, 0.5) is 0 Å². The summed E-state index contributed by atoms with van der Waals surface area (Å²) in [6.07, 6.45) is 3.81. The van der Waals surface area contributed by atoms with Gasteiger partial charge in [-0.2, -0.15) is 10.2 Å². The fraction of sp³-hybridized carbons (Fsp3) is 0.188. The highest BCUT2D eigenvalue weighted by Gasteiger charge is 2.13. The summed E-state index contributed by atoms with van der Waals surface area (Å²) in [4.78, 5) is 0. The van der Waals surface area contributed by atoms with E-state index in [2.05, 4.69) is 44.5 Å². The minimum Gasteiger partial charge on any atom is -0.489 e. The Labute approximate surface area is 224 Å². The first-order valence-corrected chi connectivity index (χ1v) is 12.9. The summed E-state index contributed by atoms with van der Waals surface area (Å²) in [7, 11) is 0. The number of rotatable bonds is 10. The summed E-state index contributed by atoms with van der Waals surface area (Å²) >= 11 is 0. The van der Waals surface area contributed by atoms with Crippen LogP contribution in [0.15, 0.2) is 119 Å². The van der Waals surface area contributed by atoms with Crippen molar-refractivity contribution in [2.24, 2.45) is 10.2 Å². The van der Waals surface area contributed by atoms with Crippen molar-refractivity contribution in [1.82, 2.24) is 10.0 Å². The molecule has 0 unspecified atom stereocenters. The van der Waals surface area contributed by atoms with Crippen LogP contribution in [0.2, 0.25) is 0 Å². The highest BCUT2D eigenvalue weighted by Crippen LogP contribution is 2.15. The molecule has 38 heavy (non-hydrogen) atoms. The quantitative estimate of drug-likeness (QED) is 0.255. The molecule has 4 aromatic rings. The summed E-state index contributed by atoms with van der Waals surface area (Å²) in [5, 5.41) is 13.5. The van der Waals surface area contributed by atoms with Gasteiger partial charge in [0.05, 0.1) is 38.6 Å². The molecule has 0 aromatic heterocycles. The van der Waals surface area contributed by atoms with Gasteiger partial charge in [0.1, 0.15) is 24.7 Å². The predicted octanol–water partition coefficient (Wildman–Crippen LogP) is 5.83. The summed E-state index contributed by atoms with van der Waals surface area (Å²) in [6, 6.07) is 36.4. The molecule has 0 amide bonds. The Morgan fingerprint density at radius 1 is 0.500 bits per heavy atom. The molecule has 192 valence electrons. The molecular weight excluding hydrogens is 472 g/mol. The van der Waals surface area contributed by atoms with E-state index in [9.17, 15) is 0 Å². The van der Waals surface area contributed by atoms with Crippen LogP contribution in [0.1, 0.15) is 22.3 Å². The number of hydrazone groups is 2. The van der Waals surface area contributed by atoms with Gasteiger partial charge in [-0.15, -0.1) is 0 Å². The van der Waals surface area contributed by atoms with Crippen LogP contribution < -0.4 is 9.47 Å². The molecule has 0 N–H and O–H groups in total. The fourth-order valence-electron chi connectivity index (χ4n) is 3.99. The van der Waals surface area contributed by atoms with Crippen LogP contribution in [-0.2, 0) is 13.2 Å². The van der Waals surface area contributed by atoms with Gasteiger partial charge in [-0.05, 0) is 70.8 Å². The van der Waals surface area contributed by atoms with Gasteiger partial charge in [-0.1, -0.05) is 60.7 Å². The molecule has 6 heteroatoms. The molecule has 5 rings (SSSR count). The van der Waals surface area contributed by atoms with Gasteiger partial charge in [-0.25, -0.2) is 0 Å². The smallest absolute Gasteiger partial charge is 0.119 e. The molecule has 6 nitrogen and oxygen atoms in total. The van der Waals surface area contributed by atoms with Gasteiger partial charge in [0.15, 0.2) is 0 Å². The second kappa shape index (κ2) is 13.1. The number of hydrogen-bond donors (Lipinski definition) is 0. The maximum absolute atomic E-state index is 5.86. The number of nitrogens with zero attached hydrogens (tertiary/aromatic N) is 4. The average Bonchev–Trinajstić information content (AvgIpc) is 2.99. The third-order valence-corrected chi connectivity index (χ3v) is 6.23. The lowest BCUT2D eigenvalue weighted by Crippen LogP contribution is -2.41. The largest absolute Gasteiger partial charge is 0.489 e. The van der Waals surface area contributed by atoms with Crippen molar-refractivity contribution in [2.75, 3.05) is 26.2 Å². The Morgan fingerprint density at radius 2 is 0.868 bits per heavy atom. The van der Waals surface area contributed by atoms with E-state index in [0.717, 1.165) is 59.9 Å². The topological polar surface area (TPSA) is 49.7 Å². The van der Waals surface area contributed by atoms with Crippen molar-refractivity contribution in [3.8, 4) is 11.5 Å². The van der Waals surface area contributed by atoms with Gasteiger partial charge < -0.3 is 9.47 Å². The van der Waals surface area contributed by atoms with Gasteiger partial charge >= 0.3 is 0 Å². The van der Waals surface area contributed by atoms with Crippen LogP contribution in [0, 0.1) is 0 Å². The van der Waals surface area contributed by atoms with Crippen LogP contribution in [0.5, 0.6) is 11.5 Å². The molecule has 0 radical (unpaired) electrons. The van der Waals surface area contributed by atoms with Gasteiger partial charge in [0.25, 0.3) is 0 Å². The molecular formula is C32H32N4O2. The third kappa shape index (κ3) is 7.71. The van der Waals surface area contributed by atoms with E-state index in [-0.39, 0.29) is 0 Å².